The summed E-state index contributed by atoms with van der Waals surface area (Å²) in [4.78, 5) is 28.5. The molecule has 2 aliphatic rings. The molecule has 0 bridgehead atoms. The average Bonchev–Trinajstić information content (AvgIpc) is 3.20. The first-order chi connectivity index (χ1) is 14.8. The molecule has 2 aromatic carbocycles. The van der Waals surface area contributed by atoms with E-state index >= 15 is 0 Å². The smallest absolute Gasteiger partial charge is 0.260 e. The zero-order chi connectivity index (χ0) is 22.3. The minimum atomic E-state index is -0.632. The summed E-state index contributed by atoms with van der Waals surface area (Å²) >= 11 is 1.61. The van der Waals surface area contributed by atoms with Gasteiger partial charge in [-0.15, -0.1) is 11.8 Å². The lowest BCUT2D eigenvalue weighted by Crippen LogP contribution is -2.52. The fourth-order valence-corrected chi connectivity index (χ4v) is 5.96. The van der Waals surface area contributed by atoms with E-state index in [0.717, 1.165) is 11.1 Å². The van der Waals surface area contributed by atoms with Crippen LogP contribution in [0.15, 0.2) is 36.4 Å². The molecule has 0 aromatic heterocycles. The average molecular weight is 443 g/mol. The van der Waals surface area contributed by atoms with Crippen molar-refractivity contribution in [3.63, 3.8) is 0 Å². The van der Waals surface area contributed by atoms with E-state index in [9.17, 15) is 9.59 Å². The van der Waals surface area contributed by atoms with Crippen molar-refractivity contribution in [3.8, 4) is 17.2 Å². The van der Waals surface area contributed by atoms with Crippen LogP contribution in [-0.4, -0.2) is 48.8 Å². The van der Waals surface area contributed by atoms with Gasteiger partial charge in [0, 0.05) is 22.4 Å². The molecule has 2 atom stereocenters. The molecule has 1 N–H and O–H groups in total. The fraction of sp³-hybridized carbons (Fsp3) is 0.391. The summed E-state index contributed by atoms with van der Waals surface area (Å²) < 4.78 is 15.8. The second-order valence-electron chi connectivity index (χ2n) is 7.98. The number of ether oxygens (including phenoxy) is 3. The summed E-state index contributed by atoms with van der Waals surface area (Å²) in [6.07, 6.45) is 0. The number of nitrogens with one attached hydrogen (secondary N) is 1. The van der Waals surface area contributed by atoms with Gasteiger partial charge in [0.1, 0.15) is 17.2 Å². The summed E-state index contributed by atoms with van der Waals surface area (Å²) in [5, 5.41) is 2.75. The van der Waals surface area contributed by atoms with Crippen LogP contribution in [0.4, 0.5) is 0 Å². The van der Waals surface area contributed by atoms with Gasteiger partial charge in [-0.2, -0.15) is 0 Å². The molecule has 0 radical (unpaired) electrons. The summed E-state index contributed by atoms with van der Waals surface area (Å²) in [5.41, 5.74) is 2.19. The van der Waals surface area contributed by atoms with E-state index in [1.54, 1.807) is 29.8 Å². The Morgan fingerprint density at radius 1 is 1.06 bits per heavy atom. The number of methoxy groups -OCH3 is 3. The second-order valence-corrected chi connectivity index (χ2v) is 9.72. The van der Waals surface area contributed by atoms with Crippen molar-refractivity contribution in [2.45, 2.75) is 36.6 Å². The second kappa shape index (κ2) is 8.00. The van der Waals surface area contributed by atoms with E-state index < -0.39 is 10.8 Å². The fourth-order valence-electron chi connectivity index (χ4n) is 4.38. The molecule has 0 saturated carbocycles. The largest absolute Gasteiger partial charge is 0.496 e. The van der Waals surface area contributed by atoms with Crippen molar-refractivity contribution in [2.24, 2.45) is 0 Å². The lowest BCUT2D eigenvalue weighted by atomic mass is 10.0. The molecule has 2 aliphatic heterocycles. The standard InChI is InChI=1S/C23H26N2O5S/c1-23(2)19(20(26)24-12-13-8-6-7-9-15(13)28-3)25-21(27)17-14(22(25)31-23)10-11-16(29-4)18(17)30-5/h6-11,19,22H,12H2,1-5H3,(H,24,26)/t19-,22+/m1/s1. The third-order valence-electron chi connectivity index (χ3n) is 5.79. The van der Waals surface area contributed by atoms with Crippen LogP contribution < -0.4 is 19.5 Å². The van der Waals surface area contributed by atoms with Gasteiger partial charge in [0.2, 0.25) is 5.91 Å². The van der Waals surface area contributed by atoms with Gasteiger partial charge in [-0.25, -0.2) is 0 Å². The van der Waals surface area contributed by atoms with E-state index in [0.29, 0.717) is 29.4 Å². The molecule has 31 heavy (non-hydrogen) atoms. The van der Waals surface area contributed by atoms with Crippen molar-refractivity contribution in [2.75, 3.05) is 21.3 Å². The van der Waals surface area contributed by atoms with E-state index in [1.807, 2.05) is 44.2 Å². The summed E-state index contributed by atoms with van der Waals surface area (Å²) in [6.45, 7) is 4.31. The van der Waals surface area contributed by atoms with E-state index in [-0.39, 0.29) is 17.2 Å². The number of fused-ring (bicyclic) bond motifs is 3. The Morgan fingerprint density at radius 2 is 1.77 bits per heavy atom. The van der Waals surface area contributed by atoms with Crippen molar-refractivity contribution < 1.29 is 23.8 Å². The van der Waals surface area contributed by atoms with Crippen molar-refractivity contribution in [3.05, 3.63) is 53.1 Å². The molecule has 0 unspecified atom stereocenters. The highest BCUT2D eigenvalue weighted by Crippen LogP contribution is 2.58. The normalized spacial score (nSPS) is 20.8. The van der Waals surface area contributed by atoms with Gasteiger partial charge >= 0.3 is 0 Å². The number of carbonyl (C=O) groups is 2. The first-order valence-electron chi connectivity index (χ1n) is 9.99. The molecule has 7 nitrogen and oxygen atoms in total. The Balaban J connectivity index is 1.63. The number of amides is 2. The number of carbonyl (C=O) groups excluding carboxylic acids is 2. The van der Waals surface area contributed by atoms with Crippen LogP contribution in [0.25, 0.3) is 0 Å². The van der Waals surface area contributed by atoms with Gasteiger partial charge < -0.3 is 24.4 Å². The third kappa shape index (κ3) is 3.39. The van der Waals surface area contributed by atoms with Crippen LogP contribution in [0.3, 0.4) is 0 Å². The maximum Gasteiger partial charge on any atom is 0.260 e. The van der Waals surface area contributed by atoms with Crippen LogP contribution in [0.2, 0.25) is 0 Å². The van der Waals surface area contributed by atoms with Crippen molar-refractivity contribution in [1.82, 2.24) is 10.2 Å². The number of thioether (sulfide) groups is 1. The minimum absolute atomic E-state index is 0.196. The Hall–Kier alpha value is -2.87. The Kier molecular flexibility index (Phi) is 5.51. The van der Waals surface area contributed by atoms with Crippen LogP contribution >= 0.6 is 11.8 Å². The first-order valence-corrected chi connectivity index (χ1v) is 10.9. The van der Waals surface area contributed by atoms with Gasteiger partial charge in [-0.3, -0.25) is 9.59 Å². The van der Waals surface area contributed by atoms with Crippen LogP contribution in [0.1, 0.15) is 40.7 Å². The molecule has 4 rings (SSSR count). The van der Waals surface area contributed by atoms with Crippen molar-refractivity contribution >= 4 is 23.6 Å². The lowest BCUT2D eigenvalue weighted by Gasteiger charge is -2.29. The SMILES string of the molecule is COc1ccccc1CNC(=O)[C@H]1N2C(=O)c3c(ccc(OC)c3OC)[C@@H]2SC1(C)C. The van der Waals surface area contributed by atoms with E-state index in [4.69, 9.17) is 14.2 Å². The molecule has 2 heterocycles. The maximum atomic E-state index is 13.5. The molecular weight excluding hydrogens is 416 g/mol. The number of benzene rings is 2. The van der Waals surface area contributed by atoms with Gasteiger partial charge in [0.05, 0.1) is 26.9 Å². The number of hydrogen-bond donors (Lipinski definition) is 1. The van der Waals surface area contributed by atoms with E-state index in [1.165, 1.54) is 14.2 Å². The maximum absolute atomic E-state index is 13.5. The van der Waals surface area contributed by atoms with Gasteiger partial charge in [0.15, 0.2) is 11.5 Å². The zero-order valence-electron chi connectivity index (χ0n) is 18.2. The molecule has 2 aromatic rings. The minimum Gasteiger partial charge on any atom is -0.496 e. The third-order valence-corrected chi connectivity index (χ3v) is 7.33. The predicted octanol–water partition coefficient (Wildman–Crippen LogP) is 3.38. The Labute approximate surface area is 186 Å². The molecule has 1 fully saturated rings. The predicted molar refractivity (Wildman–Crippen MR) is 119 cm³/mol. The molecule has 1 saturated heterocycles. The lowest BCUT2D eigenvalue weighted by molar-refractivity contribution is -0.126. The van der Waals surface area contributed by atoms with Gasteiger partial charge in [-0.05, 0) is 26.0 Å². The zero-order valence-corrected chi connectivity index (χ0v) is 19.0. The molecule has 164 valence electrons. The number of rotatable bonds is 6. The van der Waals surface area contributed by atoms with Crippen molar-refractivity contribution in [1.29, 1.82) is 0 Å². The Bertz CT molecular complexity index is 1040. The van der Waals surface area contributed by atoms with Crippen LogP contribution in [-0.2, 0) is 11.3 Å². The molecular formula is C23H26N2O5S. The quantitative estimate of drug-likeness (QED) is 0.739. The summed E-state index contributed by atoms with van der Waals surface area (Å²) in [7, 11) is 4.66. The highest BCUT2D eigenvalue weighted by molar-refractivity contribution is 8.01. The summed E-state index contributed by atoms with van der Waals surface area (Å²) in [6, 6.07) is 10.6. The highest BCUT2D eigenvalue weighted by Gasteiger charge is 2.58. The molecule has 0 spiro atoms. The number of para-hydroxylation sites is 1. The monoisotopic (exact) mass is 442 g/mol. The number of hydrogen-bond acceptors (Lipinski definition) is 6. The van der Waals surface area contributed by atoms with E-state index in [2.05, 4.69) is 5.32 Å². The highest BCUT2D eigenvalue weighted by atomic mass is 32.2. The number of nitrogens with zero attached hydrogens (tertiary/aromatic N) is 1. The van der Waals surface area contributed by atoms with Crippen LogP contribution in [0.5, 0.6) is 17.2 Å². The molecule has 0 aliphatic carbocycles. The van der Waals surface area contributed by atoms with Gasteiger partial charge in [0.25, 0.3) is 5.91 Å². The first kappa shape index (κ1) is 21.4. The molecule has 2 amide bonds. The van der Waals surface area contributed by atoms with Gasteiger partial charge in [-0.1, -0.05) is 24.3 Å². The topological polar surface area (TPSA) is 77.1 Å². The molecule has 8 heteroatoms. The van der Waals surface area contributed by atoms with Crippen LogP contribution in [0, 0.1) is 0 Å². The Morgan fingerprint density at radius 3 is 2.45 bits per heavy atom. The summed E-state index contributed by atoms with van der Waals surface area (Å²) in [5.74, 6) is 1.20.